The molecule has 0 saturated carbocycles. The van der Waals surface area contributed by atoms with Crippen LogP contribution in [0.1, 0.15) is 17.4 Å². The van der Waals surface area contributed by atoms with Crippen molar-refractivity contribution in [3.8, 4) is 0 Å². The number of nitro groups is 1. The van der Waals surface area contributed by atoms with Crippen LogP contribution in [0.4, 0.5) is 11.4 Å². The van der Waals surface area contributed by atoms with Crippen LogP contribution in [0.3, 0.4) is 0 Å². The van der Waals surface area contributed by atoms with Gasteiger partial charge in [0, 0.05) is 16.2 Å². The van der Waals surface area contributed by atoms with E-state index in [1.807, 2.05) is 6.07 Å². The molecule has 8 heteroatoms. The third kappa shape index (κ3) is 3.53. The smallest absolute Gasteiger partial charge is 0.287 e. The van der Waals surface area contributed by atoms with Crippen molar-refractivity contribution in [2.45, 2.75) is 13.5 Å². The van der Waals surface area contributed by atoms with Crippen molar-refractivity contribution in [3.05, 3.63) is 54.9 Å². The number of hydrogen-bond acceptors (Lipinski definition) is 3. The van der Waals surface area contributed by atoms with E-state index >= 15 is 0 Å². The number of anilines is 1. The molecule has 0 unspecified atom stereocenters. The number of aryl methyl sites for hydroxylation is 1. The quantitative estimate of drug-likeness (QED) is 0.463. The van der Waals surface area contributed by atoms with Crippen LogP contribution in [-0.4, -0.2) is 15.4 Å². The Labute approximate surface area is 139 Å². The summed E-state index contributed by atoms with van der Waals surface area (Å²) in [6.07, 6.45) is 1.34. The van der Waals surface area contributed by atoms with Crippen molar-refractivity contribution in [3.63, 3.8) is 0 Å². The largest absolute Gasteiger partial charge is 0.337 e. The van der Waals surface area contributed by atoms with Gasteiger partial charge in [-0.15, -0.1) is 0 Å². The molecule has 2 aromatic rings. The number of nitrogens with one attached hydrogen (secondary N) is 1. The van der Waals surface area contributed by atoms with Gasteiger partial charge in [-0.1, -0.05) is 11.6 Å². The highest BCUT2D eigenvalue weighted by molar-refractivity contribution is 14.1. The number of nitrogens with zero attached hydrogens (tertiary/aromatic N) is 2. The van der Waals surface area contributed by atoms with Crippen LogP contribution in [0.15, 0.2) is 30.5 Å². The standard InChI is InChI=1S/C13H11ClIN3O3/c1-2-17-7-9(18(20)21)6-12(17)13(19)16-11-4-3-8(15)5-10(11)14/h3-7H,2H2,1H3,(H,16,19). The third-order valence-corrected chi connectivity index (χ3v) is 3.83. The average molecular weight is 420 g/mol. The summed E-state index contributed by atoms with van der Waals surface area (Å²) in [6, 6.07) is 6.47. The van der Waals surface area contributed by atoms with E-state index in [4.69, 9.17) is 11.6 Å². The summed E-state index contributed by atoms with van der Waals surface area (Å²) in [5.74, 6) is -0.437. The summed E-state index contributed by atoms with van der Waals surface area (Å²) in [4.78, 5) is 22.5. The topological polar surface area (TPSA) is 77.2 Å². The van der Waals surface area contributed by atoms with Gasteiger partial charge in [0.15, 0.2) is 0 Å². The lowest BCUT2D eigenvalue weighted by Gasteiger charge is -2.09. The van der Waals surface area contributed by atoms with Crippen LogP contribution in [0.2, 0.25) is 5.02 Å². The zero-order valence-electron chi connectivity index (χ0n) is 11.0. The molecule has 1 N–H and O–H groups in total. The summed E-state index contributed by atoms with van der Waals surface area (Å²) in [5.41, 5.74) is 0.572. The molecule has 0 radical (unpaired) electrons. The Morgan fingerprint density at radius 2 is 2.19 bits per heavy atom. The second-order valence-electron chi connectivity index (χ2n) is 4.20. The molecule has 0 aliphatic carbocycles. The summed E-state index contributed by atoms with van der Waals surface area (Å²) in [7, 11) is 0. The van der Waals surface area contributed by atoms with Crippen LogP contribution >= 0.6 is 34.2 Å². The molecule has 0 aliphatic rings. The van der Waals surface area contributed by atoms with Gasteiger partial charge in [0.1, 0.15) is 5.69 Å². The molecule has 1 amide bonds. The van der Waals surface area contributed by atoms with Gasteiger partial charge in [0.2, 0.25) is 0 Å². The number of carbonyl (C=O) groups is 1. The van der Waals surface area contributed by atoms with Crippen molar-refractivity contribution in [2.24, 2.45) is 0 Å². The van der Waals surface area contributed by atoms with Gasteiger partial charge in [-0.25, -0.2) is 0 Å². The molecule has 1 aromatic heterocycles. The van der Waals surface area contributed by atoms with Crippen molar-refractivity contribution in [1.82, 2.24) is 4.57 Å². The molecular weight excluding hydrogens is 409 g/mol. The first-order chi connectivity index (χ1) is 9.92. The van der Waals surface area contributed by atoms with E-state index < -0.39 is 10.8 Å². The first-order valence-corrected chi connectivity index (χ1v) is 7.49. The Kier molecular flexibility index (Phi) is 4.84. The maximum Gasteiger partial charge on any atom is 0.287 e. The van der Waals surface area contributed by atoms with Crippen molar-refractivity contribution in [2.75, 3.05) is 5.32 Å². The first kappa shape index (κ1) is 15.8. The van der Waals surface area contributed by atoms with E-state index in [-0.39, 0.29) is 11.4 Å². The van der Waals surface area contributed by atoms with E-state index in [0.29, 0.717) is 17.3 Å². The zero-order valence-corrected chi connectivity index (χ0v) is 13.9. The zero-order chi connectivity index (χ0) is 15.6. The summed E-state index contributed by atoms with van der Waals surface area (Å²) in [5, 5.41) is 13.9. The molecular formula is C13H11ClIN3O3. The van der Waals surface area contributed by atoms with Crippen LogP contribution < -0.4 is 5.32 Å². The molecule has 0 spiro atoms. The predicted molar refractivity (Wildman–Crippen MR) is 88.9 cm³/mol. The lowest BCUT2D eigenvalue weighted by molar-refractivity contribution is -0.384. The van der Waals surface area contributed by atoms with Gasteiger partial charge in [-0.2, -0.15) is 0 Å². The molecule has 0 fully saturated rings. The Morgan fingerprint density at radius 3 is 2.76 bits per heavy atom. The third-order valence-electron chi connectivity index (χ3n) is 2.85. The fourth-order valence-electron chi connectivity index (χ4n) is 1.82. The number of hydrogen-bond donors (Lipinski definition) is 1. The van der Waals surface area contributed by atoms with Gasteiger partial charge < -0.3 is 9.88 Å². The monoisotopic (exact) mass is 419 g/mol. The van der Waals surface area contributed by atoms with Crippen LogP contribution in [0.25, 0.3) is 0 Å². The minimum atomic E-state index is -0.527. The van der Waals surface area contributed by atoms with Crippen molar-refractivity contribution >= 4 is 51.5 Å². The van der Waals surface area contributed by atoms with Crippen LogP contribution in [-0.2, 0) is 6.54 Å². The molecule has 2 rings (SSSR count). The van der Waals surface area contributed by atoms with Gasteiger partial charge in [-0.3, -0.25) is 14.9 Å². The van der Waals surface area contributed by atoms with E-state index in [9.17, 15) is 14.9 Å². The highest BCUT2D eigenvalue weighted by atomic mass is 127. The van der Waals surface area contributed by atoms with E-state index in [1.54, 1.807) is 19.1 Å². The molecule has 6 nitrogen and oxygen atoms in total. The minimum absolute atomic E-state index is 0.115. The number of aromatic nitrogens is 1. The second kappa shape index (κ2) is 6.44. The number of carbonyl (C=O) groups excluding carboxylic acids is 1. The van der Waals surface area contributed by atoms with E-state index in [0.717, 1.165) is 3.57 Å². The molecule has 1 aromatic carbocycles. The highest BCUT2D eigenvalue weighted by Crippen LogP contribution is 2.25. The molecule has 0 aliphatic heterocycles. The van der Waals surface area contributed by atoms with E-state index in [2.05, 4.69) is 27.9 Å². The average Bonchev–Trinajstić information content (AvgIpc) is 2.86. The Morgan fingerprint density at radius 1 is 1.48 bits per heavy atom. The number of halogens is 2. The normalized spacial score (nSPS) is 10.4. The fraction of sp³-hybridized carbons (Fsp3) is 0.154. The minimum Gasteiger partial charge on any atom is -0.337 e. The fourth-order valence-corrected chi connectivity index (χ4v) is 2.73. The molecule has 0 bridgehead atoms. The number of benzene rings is 1. The molecule has 0 atom stereocenters. The maximum atomic E-state index is 12.3. The van der Waals surface area contributed by atoms with E-state index in [1.165, 1.54) is 16.8 Å². The molecule has 110 valence electrons. The Hall–Kier alpha value is -1.61. The second-order valence-corrected chi connectivity index (χ2v) is 5.86. The Bertz CT molecular complexity index is 715. The maximum absolute atomic E-state index is 12.3. The molecule has 21 heavy (non-hydrogen) atoms. The molecule has 1 heterocycles. The van der Waals surface area contributed by atoms with Crippen molar-refractivity contribution < 1.29 is 9.72 Å². The summed E-state index contributed by atoms with van der Waals surface area (Å²) in [6.45, 7) is 2.26. The Balaban J connectivity index is 2.29. The number of amides is 1. The van der Waals surface area contributed by atoms with Gasteiger partial charge >= 0.3 is 0 Å². The van der Waals surface area contributed by atoms with Crippen molar-refractivity contribution in [1.29, 1.82) is 0 Å². The lowest BCUT2D eigenvalue weighted by atomic mass is 10.3. The van der Waals surface area contributed by atoms with Gasteiger partial charge in [0.05, 0.1) is 21.8 Å². The lowest BCUT2D eigenvalue weighted by Crippen LogP contribution is -2.16. The SMILES string of the molecule is CCn1cc([N+](=O)[O-])cc1C(=O)Nc1ccc(I)cc1Cl. The van der Waals surface area contributed by atoms with Gasteiger partial charge in [-0.05, 0) is 47.7 Å². The van der Waals surface area contributed by atoms with Gasteiger partial charge in [0.25, 0.3) is 11.6 Å². The van der Waals surface area contributed by atoms with Crippen LogP contribution in [0, 0.1) is 13.7 Å². The first-order valence-electron chi connectivity index (χ1n) is 6.03. The predicted octanol–water partition coefficient (Wildman–Crippen LogP) is 3.93. The van der Waals surface area contributed by atoms with Crippen LogP contribution in [0.5, 0.6) is 0 Å². The summed E-state index contributed by atoms with van der Waals surface area (Å²) >= 11 is 8.17. The number of rotatable bonds is 4. The highest BCUT2D eigenvalue weighted by Gasteiger charge is 2.19. The summed E-state index contributed by atoms with van der Waals surface area (Å²) < 4.78 is 2.47. The molecule has 0 saturated heterocycles.